The Balaban J connectivity index is 0. The molecule has 0 spiro atoms. The van der Waals surface area contributed by atoms with Crippen LogP contribution in [-0.2, 0) is 9.53 Å². The molecule has 3 heteroatoms. The normalized spacial score (nSPS) is 10.2. The minimum atomic E-state index is -0.300. The predicted octanol–water partition coefficient (Wildman–Crippen LogP) is 6.33. The Labute approximate surface area is 173 Å². The molecule has 0 saturated heterocycles. The number of unbranched alkanes of at least 4 members (excludes halogenated alkanes) is 15. The van der Waals surface area contributed by atoms with Crippen molar-refractivity contribution < 1.29 is 9.53 Å². The zero-order chi connectivity index (χ0) is 17.0. The minimum absolute atomic E-state index is 0. The van der Waals surface area contributed by atoms with Gasteiger partial charge in [0.25, 0.3) is 0 Å². The molecule has 0 aliphatic carbocycles. The van der Waals surface area contributed by atoms with Crippen LogP contribution in [0.1, 0.15) is 110 Å². The Hall–Kier alpha value is 0.210. The molecule has 0 fully saturated rings. The van der Waals surface area contributed by atoms with E-state index in [0.29, 0.717) is 6.61 Å². The van der Waals surface area contributed by atoms with Gasteiger partial charge in [-0.3, -0.25) is 0 Å². The second-order valence-electron chi connectivity index (χ2n) is 6.67. The van der Waals surface area contributed by atoms with Crippen LogP contribution in [0.5, 0.6) is 0 Å². The molecule has 0 amide bonds. The summed E-state index contributed by atoms with van der Waals surface area (Å²) in [7, 11) is 0. The standard InChI is InChI=1S/C21H40O2.Na.H/c1-3-5-6-7-8-9-10-11-12-13-14-15-16-17-18-19-20-23-21(22)4-2;;/h4H,2-3,5-20H2,1H3;;. The summed E-state index contributed by atoms with van der Waals surface area (Å²) < 4.78 is 4.95. The van der Waals surface area contributed by atoms with Crippen molar-refractivity contribution in [3.8, 4) is 0 Å². The number of rotatable bonds is 18. The third-order valence-corrected chi connectivity index (χ3v) is 4.41. The van der Waals surface area contributed by atoms with E-state index in [1.807, 2.05) is 0 Å². The number of carbonyl (C=O) groups is 1. The van der Waals surface area contributed by atoms with Gasteiger partial charge in [-0.25, -0.2) is 4.79 Å². The second-order valence-corrected chi connectivity index (χ2v) is 6.67. The van der Waals surface area contributed by atoms with Crippen LogP contribution in [0.25, 0.3) is 0 Å². The van der Waals surface area contributed by atoms with Gasteiger partial charge in [0.15, 0.2) is 0 Å². The summed E-state index contributed by atoms with van der Waals surface area (Å²) in [5, 5.41) is 0. The van der Waals surface area contributed by atoms with Gasteiger partial charge in [-0.15, -0.1) is 0 Å². The molecule has 0 aromatic heterocycles. The number of hydrogen-bond acceptors (Lipinski definition) is 2. The molecule has 0 heterocycles. The zero-order valence-electron chi connectivity index (χ0n) is 15.6. The molecular weight excluding hydrogens is 307 g/mol. The van der Waals surface area contributed by atoms with E-state index in [0.717, 1.165) is 6.42 Å². The number of carbonyl (C=O) groups excluding carboxylic acids is 1. The molecule has 0 bridgehead atoms. The van der Waals surface area contributed by atoms with E-state index in [-0.39, 0.29) is 35.5 Å². The van der Waals surface area contributed by atoms with Crippen LogP contribution in [0.2, 0.25) is 0 Å². The number of hydrogen-bond donors (Lipinski definition) is 0. The first-order chi connectivity index (χ1) is 11.3. The van der Waals surface area contributed by atoms with Gasteiger partial charge in [0, 0.05) is 6.08 Å². The fourth-order valence-corrected chi connectivity index (χ4v) is 2.88. The van der Waals surface area contributed by atoms with Gasteiger partial charge in [0.1, 0.15) is 0 Å². The Morgan fingerprint density at radius 1 is 0.708 bits per heavy atom. The van der Waals surface area contributed by atoms with E-state index < -0.39 is 0 Å². The summed E-state index contributed by atoms with van der Waals surface area (Å²) in [6.45, 7) is 6.20. The van der Waals surface area contributed by atoms with Crippen LogP contribution in [0.4, 0.5) is 0 Å². The van der Waals surface area contributed by atoms with Gasteiger partial charge < -0.3 is 4.74 Å². The predicted molar refractivity (Wildman–Crippen MR) is 108 cm³/mol. The molecule has 2 nitrogen and oxygen atoms in total. The first-order valence-corrected chi connectivity index (χ1v) is 10.1. The van der Waals surface area contributed by atoms with Gasteiger partial charge in [0.2, 0.25) is 0 Å². The molecule has 24 heavy (non-hydrogen) atoms. The molecule has 0 saturated carbocycles. The maximum absolute atomic E-state index is 10.8. The molecular formula is C21H41NaO2. The number of ether oxygens (including phenoxy) is 1. The average molecular weight is 349 g/mol. The fraction of sp³-hybridized carbons (Fsp3) is 0.857. The van der Waals surface area contributed by atoms with Crippen LogP contribution in [-0.4, -0.2) is 42.1 Å². The molecule has 0 aromatic carbocycles. The van der Waals surface area contributed by atoms with Crippen molar-refractivity contribution in [1.82, 2.24) is 0 Å². The Bertz CT molecular complexity index is 267. The average Bonchev–Trinajstić information content (AvgIpc) is 2.57. The van der Waals surface area contributed by atoms with Crippen LogP contribution >= 0.6 is 0 Å². The van der Waals surface area contributed by atoms with Crippen LogP contribution < -0.4 is 0 Å². The molecule has 0 aromatic rings. The summed E-state index contributed by atoms with van der Waals surface area (Å²) in [6, 6.07) is 0. The van der Waals surface area contributed by atoms with E-state index in [9.17, 15) is 4.79 Å². The second kappa shape index (κ2) is 23.2. The van der Waals surface area contributed by atoms with Crippen molar-refractivity contribution in [2.45, 2.75) is 110 Å². The van der Waals surface area contributed by atoms with Gasteiger partial charge in [-0.2, -0.15) is 0 Å². The van der Waals surface area contributed by atoms with Gasteiger partial charge in [-0.05, 0) is 6.42 Å². The molecule has 0 aliphatic heterocycles. The summed E-state index contributed by atoms with van der Waals surface area (Å²) >= 11 is 0. The summed E-state index contributed by atoms with van der Waals surface area (Å²) in [5.74, 6) is -0.300. The Morgan fingerprint density at radius 2 is 1.04 bits per heavy atom. The first kappa shape index (κ1) is 26.4. The molecule has 0 N–H and O–H groups in total. The molecule has 0 atom stereocenters. The van der Waals surface area contributed by atoms with E-state index in [1.54, 1.807) is 0 Å². The van der Waals surface area contributed by atoms with E-state index in [4.69, 9.17) is 4.74 Å². The molecule has 138 valence electrons. The third kappa shape index (κ3) is 22.2. The van der Waals surface area contributed by atoms with E-state index >= 15 is 0 Å². The molecule has 0 unspecified atom stereocenters. The quantitative estimate of drug-likeness (QED) is 0.125. The summed E-state index contributed by atoms with van der Waals surface area (Å²) in [6.07, 6.45) is 23.0. The van der Waals surface area contributed by atoms with E-state index in [1.165, 1.54) is 102 Å². The molecule has 0 radical (unpaired) electrons. The first-order valence-electron chi connectivity index (χ1n) is 10.1. The van der Waals surface area contributed by atoms with Crippen molar-refractivity contribution in [2.75, 3.05) is 6.61 Å². The third-order valence-electron chi connectivity index (χ3n) is 4.41. The topological polar surface area (TPSA) is 26.3 Å². The van der Waals surface area contributed by atoms with E-state index in [2.05, 4.69) is 13.5 Å². The van der Waals surface area contributed by atoms with Gasteiger partial charge in [-0.1, -0.05) is 110 Å². The number of esters is 1. The van der Waals surface area contributed by atoms with Crippen molar-refractivity contribution >= 4 is 35.5 Å². The molecule has 0 rings (SSSR count). The summed E-state index contributed by atoms with van der Waals surface area (Å²) in [4.78, 5) is 10.8. The van der Waals surface area contributed by atoms with Crippen molar-refractivity contribution in [2.24, 2.45) is 0 Å². The monoisotopic (exact) mass is 348 g/mol. The Morgan fingerprint density at radius 3 is 1.38 bits per heavy atom. The fourth-order valence-electron chi connectivity index (χ4n) is 2.88. The zero-order valence-corrected chi connectivity index (χ0v) is 15.6. The van der Waals surface area contributed by atoms with Crippen molar-refractivity contribution in [3.63, 3.8) is 0 Å². The van der Waals surface area contributed by atoms with Gasteiger partial charge >= 0.3 is 35.5 Å². The Kier molecular flexibility index (Phi) is 25.6. The maximum atomic E-state index is 10.8. The van der Waals surface area contributed by atoms with Crippen LogP contribution in [0.15, 0.2) is 12.7 Å². The molecule has 0 aliphatic rings. The van der Waals surface area contributed by atoms with Crippen LogP contribution in [0, 0.1) is 0 Å². The van der Waals surface area contributed by atoms with Crippen molar-refractivity contribution in [3.05, 3.63) is 12.7 Å². The van der Waals surface area contributed by atoms with Gasteiger partial charge in [0.05, 0.1) is 6.61 Å². The SMILES string of the molecule is C=CC(=O)OCCCCCCCCCCCCCCCCCC.[NaH]. The van der Waals surface area contributed by atoms with Crippen molar-refractivity contribution in [1.29, 1.82) is 0 Å². The van der Waals surface area contributed by atoms with Crippen LogP contribution in [0.3, 0.4) is 0 Å². The summed E-state index contributed by atoms with van der Waals surface area (Å²) in [5.41, 5.74) is 0.